The fraction of sp³-hybridized carbons (Fsp3) is 0.344. The van der Waals surface area contributed by atoms with Crippen molar-refractivity contribution in [1.82, 2.24) is 13.3 Å². The standard InChI is InChI=1S/C32H33N3O6S/c1-5-40-32(36)31-30(19-10-12-24-25(15-19)34-42-33-24)23-16-28(39-4)29(41-21-8-6-7-9-21)17-26(23)35(31)18-20-14-22(37-2)11-13-27(20)38-3/h10-17,21H,5-9,18H2,1-4H3. The van der Waals surface area contributed by atoms with Gasteiger partial charge >= 0.3 is 5.97 Å². The van der Waals surface area contributed by atoms with Gasteiger partial charge in [-0.25, -0.2) is 4.79 Å². The van der Waals surface area contributed by atoms with Crippen molar-refractivity contribution in [3.05, 3.63) is 59.8 Å². The predicted molar refractivity (Wildman–Crippen MR) is 162 cm³/mol. The Labute approximate surface area is 248 Å². The summed E-state index contributed by atoms with van der Waals surface area (Å²) in [6.07, 6.45) is 4.43. The highest BCUT2D eigenvalue weighted by molar-refractivity contribution is 7.00. The molecule has 2 aromatic heterocycles. The number of methoxy groups -OCH3 is 3. The summed E-state index contributed by atoms with van der Waals surface area (Å²) < 4.78 is 40.0. The van der Waals surface area contributed by atoms with E-state index in [2.05, 4.69) is 8.75 Å². The first kappa shape index (κ1) is 27.8. The molecular formula is C32H33N3O6S. The minimum Gasteiger partial charge on any atom is -0.497 e. The van der Waals surface area contributed by atoms with Crippen LogP contribution in [-0.2, 0) is 11.3 Å². The first-order valence-electron chi connectivity index (χ1n) is 14.1. The summed E-state index contributed by atoms with van der Waals surface area (Å²) in [5.74, 6) is 2.20. The molecule has 0 atom stereocenters. The molecule has 1 fully saturated rings. The van der Waals surface area contributed by atoms with Crippen LogP contribution in [0.4, 0.5) is 0 Å². The lowest BCUT2D eigenvalue weighted by atomic mass is 10.0. The van der Waals surface area contributed by atoms with Gasteiger partial charge in [0.2, 0.25) is 0 Å². The number of fused-ring (bicyclic) bond motifs is 2. The van der Waals surface area contributed by atoms with Gasteiger partial charge in [0.1, 0.15) is 28.2 Å². The van der Waals surface area contributed by atoms with E-state index in [9.17, 15) is 4.79 Å². The molecule has 1 saturated carbocycles. The molecule has 218 valence electrons. The van der Waals surface area contributed by atoms with E-state index in [-0.39, 0.29) is 12.7 Å². The second-order valence-electron chi connectivity index (χ2n) is 10.2. The quantitative estimate of drug-likeness (QED) is 0.163. The monoisotopic (exact) mass is 587 g/mol. The number of ether oxygens (including phenoxy) is 5. The molecule has 42 heavy (non-hydrogen) atoms. The average molecular weight is 588 g/mol. The number of rotatable bonds is 10. The van der Waals surface area contributed by atoms with Crippen LogP contribution in [0.1, 0.15) is 48.7 Å². The SMILES string of the molecule is CCOC(=O)c1c(-c2ccc3nsnc3c2)c2cc(OC)c(OC3CCCC3)cc2n1Cc1cc(OC)ccc1OC. The van der Waals surface area contributed by atoms with E-state index >= 15 is 0 Å². The molecule has 0 amide bonds. The Morgan fingerprint density at radius 3 is 2.43 bits per heavy atom. The lowest BCUT2D eigenvalue weighted by Crippen LogP contribution is -2.15. The van der Waals surface area contributed by atoms with Crippen LogP contribution < -0.4 is 18.9 Å². The summed E-state index contributed by atoms with van der Waals surface area (Å²) >= 11 is 1.16. The summed E-state index contributed by atoms with van der Waals surface area (Å²) in [5.41, 5.74) is 5.19. The van der Waals surface area contributed by atoms with Gasteiger partial charge in [-0.2, -0.15) is 8.75 Å². The number of carbonyl (C=O) groups is 1. The number of nitrogens with zero attached hydrogens (tertiary/aromatic N) is 3. The second-order valence-corrected chi connectivity index (χ2v) is 10.7. The second kappa shape index (κ2) is 11.9. The zero-order chi connectivity index (χ0) is 29.2. The van der Waals surface area contributed by atoms with Crippen molar-refractivity contribution in [2.75, 3.05) is 27.9 Å². The maximum Gasteiger partial charge on any atom is 0.355 e. The minimum absolute atomic E-state index is 0.127. The van der Waals surface area contributed by atoms with Gasteiger partial charge in [-0.15, -0.1) is 0 Å². The van der Waals surface area contributed by atoms with Crippen LogP contribution in [-0.4, -0.2) is 53.3 Å². The van der Waals surface area contributed by atoms with Crippen molar-refractivity contribution >= 4 is 39.6 Å². The molecule has 6 rings (SSSR count). The van der Waals surface area contributed by atoms with Crippen molar-refractivity contribution in [1.29, 1.82) is 0 Å². The summed E-state index contributed by atoms with van der Waals surface area (Å²) in [6, 6.07) is 15.4. The Morgan fingerprint density at radius 1 is 0.905 bits per heavy atom. The van der Waals surface area contributed by atoms with Crippen molar-refractivity contribution < 1.29 is 28.5 Å². The van der Waals surface area contributed by atoms with E-state index in [4.69, 9.17) is 23.7 Å². The number of hydrogen-bond acceptors (Lipinski definition) is 9. The highest BCUT2D eigenvalue weighted by Gasteiger charge is 2.29. The highest BCUT2D eigenvalue weighted by atomic mass is 32.1. The normalized spacial score (nSPS) is 13.5. The van der Waals surface area contributed by atoms with Gasteiger partial charge in [-0.3, -0.25) is 0 Å². The Bertz CT molecular complexity index is 1750. The maximum atomic E-state index is 13.8. The lowest BCUT2D eigenvalue weighted by Gasteiger charge is -2.17. The van der Waals surface area contributed by atoms with Crippen LogP contribution in [0.2, 0.25) is 0 Å². The van der Waals surface area contributed by atoms with E-state index in [0.717, 1.165) is 76.0 Å². The van der Waals surface area contributed by atoms with Gasteiger partial charge in [0, 0.05) is 22.6 Å². The number of esters is 1. The van der Waals surface area contributed by atoms with Crippen molar-refractivity contribution in [2.24, 2.45) is 0 Å². The molecule has 5 aromatic rings. The molecule has 0 radical (unpaired) electrons. The van der Waals surface area contributed by atoms with E-state index in [0.29, 0.717) is 35.2 Å². The molecule has 0 aliphatic heterocycles. The number of benzene rings is 3. The van der Waals surface area contributed by atoms with E-state index in [1.165, 1.54) is 0 Å². The third-order valence-electron chi connectivity index (χ3n) is 7.77. The molecule has 1 aliphatic carbocycles. The summed E-state index contributed by atoms with van der Waals surface area (Å²) in [7, 11) is 4.90. The Kier molecular flexibility index (Phi) is 7.88. The van der Waals surface area contributed by atoms with Gasteiger partial charge in [-0.1, -0.05) is 6.07 Å². The fourth-order valence-electron chi connectivity index (χ4n) is 5.77. The van der Waals surface area contributed by atoms with Gasteiger partial charge in [-0.05, 0) is 74.6 Å². The third kappa shape index (κ3) is 5.11. The molecule has 0 unspecified atom stereocenters. The van der Waals surface area contributed by atoms with Crippen LogP contribution in [0, 0.1) is 0 Å². The van der Waals surface area contributed by atoms with E-state index in [1.54, 1.807) is 28.3 Å². The van der Waals surface area contributed by atoms with E-state index in [1.807, 2.05) is 53.1 Å². The topological polar surface area (TPSA) is 93.9 Å². The molecule has 0 saturated heterocycles. The average Bonchev–Trinajstić information content (AvgIpc) is 3.76. The van der Waals surface area contributed by atoms with Crippen molar-refractivity contribution in [2.45, 2.75) is 45.3 Å². The molecule has 10 heteroatoms. The number of aromatic nitrogens is 3. The van der Waals surface area contributed by atoms with E-state index < -0.39 is 5.97 Å². The fourth-order valence-corrected chi connectivity index (χ4v) is 6.29. The van der Waals surface area contributed by atoms with Crippen LogP contribution in [0.15, 0.2) is 48.5 Å². The zero-order valence-electron chi connectivity index (χ0n) is 24.1. The highest BCUT2D eigenvalue weighted by Crippen LogP contribution is 2.43. The summed E-state index contributed by atoms with van der Waals surface area (Å²) in [6.45, 7) is 2.36. The smallest absolute Gasteiger partial charge is 0.355 e. The van der Waals surface area contributed by atoms with Gasteiger partial charge in [0.15, 0.2) is 11.5 Å². The molecule has 0 N–H and O–H groups in total. The van der Waals surface area contributed by atoms with Crippen LogP contribution in [0.25, 0.3) is 33.1 Å². The van der Waals surface area contributed by atoms with Crippen LogP contribution >= 0.6 is 11.7 Å². The molecule has 9 nitrogen and oxygen atoms in total. The Hall–Kier alpha value is -4.31. The zero-order valence-corrected chi connectivity index (χ0v) is 25.0. The Morgan fingerprint density at radius 2 is 1.69 bits per heavy atom. The minimum atomic E-state index is -0.431. The maximum absolute atomic E-state index is 13.8. The van der Waals surface area contributed by atoms with Gasteiger partial charge < -0.3 is 28.3 Å². The molecule has 3 aromatic carbocycles. The molecular weight excluding hydrogens is 554 g/mol. The number of carbonyl (C=O) groups excluding carboxylic acids is 1. The third-order valence-corrected chi connectivity index (χ3v) is 8.33. The van der Waals surface area contributed by atoms with Crippen LogP contribution in [0.3, 0.4) is 0 Å². The summed E-state index contributed by atoms with van der Waals surface area (Å²) in [4.78, 5) is 13.8. The Balaban J connectivity index is 1.64. The lowest BCUT2D eigenvalue weighted by molar-refractivity contribution is 0.0516. The molecule has 2 heterocycles. The molecule has 0 spiro atoms. The van der Waals surface area contributed by atoms with Crippen LogP contribution in [0.5, 0.6) is 23.0 Å². The first-order chi connectivity index (χ1) is 20.5. The molecule has 1 aliphatic rings. The van der Waals surface area contributed by atoms with Crippen molar-refractivity contribution in [3.8, 4) is 34.1 Å². The molecule has 0 bridgehead atoms. The summed E-state index contributed by atoms with van der Waals surface area (Å²) in [5, 5.41) is 0.832. The van der Waals surface area contributed by atoms with Gasteiger partial charge in [0.05, 0.1) is 57.8 Å². The predicted octanol–water partition coefficient (Wildman–Crippen LogP) is 6.89. The van der Waals surface area contributed by atoms with Crippen molar-refractivity contribution in [3.63, 3.8) is 0 Å². The largest absolute Gasteiger partial charge is 0.497 e. The first-order valence-corrected chi connectivity index (χ1v) is 14.8. The number of hydrogen-bond donors (Lipinski definition) is 0. The van der Waals surface area contributed by atoms with Gasteiger partial charge in [0.25, 0.3) is 0 Å².